The van der Waals surface area contributed by atoms with E-state index in [2.05, 4.69) is 14.5 Å². The zero-order valence-electron chi connectivity index (χ0n) is 12.5. The molecule has 1 aliphatic heterocycles. The maximum absolute atomic E-state index is 10.8. The lowest BCUT2D eigenvalue weighted by Gasteiger charge is -2.12. The van der Waals surface area contributed by atoms with Crippen LogP contribution >= 0.6 is 7.82 Å². The van der Waals surface area contributed by atoms with Crippen molar-refractivity contribution in [3.8, 4) is 5.75 Å². The molecule has 4 N–H and O–H groups in total. The van der Waals surface area contributed by atoms with Crippen LogP contribution in [-0.2, 0) is 31.8 Å². The van der Waals surface area contributed by atoms with Crippen LogP contribution in [0.1, 0.15) is 16.8 Å². The number of aryl methyl sites for hydroxylation is 1. The molecule has 1 aliphatic rings. The third kappa shape index (κ3) is 4.62. The quantitative estimate of drug-likeness (QED) is 0.535. The monoisotopic (exact) mass is 358 g/mol. The minimum Gasteiger partial charge on any atom is -0.506 e. The molecule has 0 radical (unpaired) electrons. The Balaban J connectivity index is 2.24. The Labute approximate surface area is 136 Å². The summed E-state index contributed by atoms with van der Waals surface area (Å²) in [6.45, 7) is 1.02. The molecule has 130 valence electrons. The van der Waals surface area contributed by atoms with E-state index < -0.39 is 20.4 Å². The van der Waals surface area contributed by atoms with Gasteiger partial charge in [0.15, 0.2) is 0 Å². The van der Waals surface area contributed by atoms with Gasteiger partial charge in [0.1, 0.15) is 12.4 Å². The Morgan fingerprint density at radius 1 is 1.50 bits per heavy atom. The third-order valence-corrected chi connectivity index (χ3v) is 3.61. The van der Waals surface area contributed by atoms with Crippen molar-refractivity contribution < 1.29 is 38.6 Å². The molecule has 1 aromatic heterocycles. The van der Waals surface area contributed by atoms with Gasteiger partial charge in [-0.3, -0.25) is 14.5 Å². The summed E-state index contributed by atoms with van der Waals surface area (Å²) in [6, 6.07) is 0. The van der Waals surface area contributed by atoms with Crippen LogP contribution < -0.4 is 0 Å². The van der Waals surface area contributed by atoms with Crippen molar-refractivity contribution in [1.29, 1.82) is 0 Å². The summed E-state index contributed by atoms with van der Waals surface area (Å²) >= 11 is 0. The lowest BCUT2D eigenvalue weighted by atomic mass is 10.1. The van der Waals surface area contributed by atoms with Gasteiger partial charge in [-0.05, 0) is 6.92 Å². The number of ether oxygens (including phenoxy) is 1. The van der Waals surface area contributed by atoms with Gasteiger partial charge >= 0.3 is 13.8 Å². The van der Waals surface area contributed by atoms with E-state index in [-0.39, 0.29) is 35.8 Å². The van der Waals surface area contributed by atoms with Gasteiger partial charge in [0.25, 0.3) is 0 Å². The van der Waals surface area contributed by atoms with Crippen molar-refractivity contribution in [1.82, 2.24) is 4.98 Å². The zero-order valence-corrected chi connectivity index (χ0v) is 13.4. The minimum absolute atomic E-state index is 0.0131. The number of aromatic hydroxyl groups is 1. The minimum atomic E-state index is -4.68. The highest BCUT2D eigenvalue weighted by Crippen LogP contribution is 2.38. The molecule has 0 saturated carbocycles. The highest BCUT2D eigenvalue weighted by atomic mass is 31.2. The molecule has 0 saturated heterocycles. The summed E-state index contributed by atoms with van der Waals surface area (Å²) in [4.78, 5) is 36.4. The average molecular weight is 358 g/mol. The standard InChI is InChI=1S/C13H15N2O8P/c1-7-12(16)10(8(3-14-7)5-23-24(19,20)21)4-15-9-2-11(13(17)18)22-6-9/h2-3,16H,4-6H2,1H3,(H,17,18)(H2,19,20,21). The molecule has 0 fully saturated rings. The van der Waals surface area contributed by atoms with Gasteiger partial charge in [-0.1, -0.05) is 0 Å². The molecule has 0 aromatic carbocycles. The van der Waals surface area contributed by atoms with Crippen LogP contribution in [0, 0.1) is 6.92 Å². The normalized spacial score (nSPS) is 16.1. The molecule has 2 heterocycles. The smallest absolute Gasteiger partial charge is 0.469 e. The number of pyridine rings is 1. The molecular formula is C13H15N2O8P. The first kappa shape index (κ1) is 18.1. The van der Waals surface area contributed by atoms with E-state index in [0.717, 1.165) is 0 Å². The Morgan fingerprint density at radius 2 is 2.21 bits per heavy atom. The van der Waals surface area contributed by atoms with Gasteiger partial charge in [0.05, 0.1) is 24.6 Å². The van der Waals surface area contributed by atoms with Crippen molar-refractivity contribution in [3.05, 3.63) is 34.9 Å². The Bertz CT molecular complexity index is 767. The molecule has 0 bridgehead atoms. The molecule has 1 aromatic rings. The molecule has 0 amide bonds. The van der Waals surface area contributed by atoms with E-state index in [1.807, 2.05) is 0 Å². The van der Waals surface area contributed by atoms with E-state index in [1.165, 1.54) is 12.3 Å². The second kappa shape index (κ2) is 7.10. The zero-order chi connectivity index (χ0) is 17.9. The van der Waals surface area contributed by atoms with E-state index in [1.54, 1.807) is 6.92 Å². The molecule has 2 rings (SSSR count). The second-order valence-electron chi connectivity index (χ2n) is 4.87. The fraction of sp³-hybridized carbons (Fsp3) is 0.308. The number of aliphatic imine (C=N–C) groups is 1. The number of rotatable bonds is 6. The average Bonchev–Trinajstić information content (AvgIpc) is 2.95. The maximum Gasteiger partial charge on any atom is 0.469 e. The largest absolute Gasteiger partial charge is 0.506 e. The number of aromatic nitrogens is 1. The topological polar surface area (TPSA) is 159 Å². The molecule has 0 spiro atoms. The van der Waals surface area contributed by atoms with Gasteiger partial charge in [0, 0.05) is 23.4 Å². The predicted molar refractivity (Wildman–Crippen MR) is 80.3 cm³/mol. The van der Waals surface area contributed by atoms with Crippen molar-refractivity contribution >= 4 is 19.5 Å². The van der Waals surface area contributed by atoms with Crippen molar-refractivity contribution in [2.45, 2.75) is 20.1 Å². The van der Waals surface area contributed by atoms with E-state index >= 15 is 0 Å². The molecule has 10 nitrogen and oxygen atoms in total. The number of hydrogen-bond donors (Lipinski definition) is 4. The first-order chi connectivity index (χ1) is 11.2. The summed E-state index contributed by atoms with van der Waals surface area (Å²) in [5.74, 6) is -1.61. The van der Waals surface area contributed by atoms with Gasteiger partial charge < -0.3 is 24.7 Å². The number of phosphoric ester groups is 1. The van der Waals surface area contributed by atoms with Crippen LogP contribution in [0.5, 0.6) is 5.75 Å². The summed E-state index contributed by atoms with van der Waals surface area (Å²) in [6.07, 6.45) is 2.59. The number of carbonyl (C=O) groups is 1. The molecule has 11 heteroatoms. The molecule has 0 aliphatic carbocycles. The van der Waals surface area contributed by atoms with Crippen molar-refractivity contribution in [3.63, 3.8) is 0 Å². The summed E-state index contributed by atoms with van der Waals surface area (Å²) in [5.41, 5.74) is 1.21. The van der Waals surface area contributed by atoms with Crippen LogP contribution in [0.3, 0.4) is 0 Å². The highest BCUT2D eigenvalue weighted by Gasteiger charge is 2.20. The van der Waals surface area contributed by atoms with Gasteiger partial charge in [-0.15, -0.1) is 0 Å². The van der Waals surface area contributed by atoms with Crippen molar-refractivity contribution in [2.24, 2.45) is 4.99 Å². The van der Waals surface area contributed by atoms with Gasteiger partial charge in [-0.25, -0.2) is 9.36 Å². The number of hydrogen-bond acceptors (Lipinski definition) is 7. The van der Waals surface area contributed by atoms with Crippen LogP contribution in [0.15, 0.2) is 23.0 Å². The Morgan fingerprint density at radius 3 is 2.79 bits per heavy atom. The summed E-state index contributed by atoms with van der Waals surface area (Å²) < 4.78 is 20.2. The second-order valence-corrected chi connectivity index (χ2v) is 6.11. The lowest BCUT2D eigenvalue weighted by molar-refractivity contribution is -0.136. The van der Waals surface area contributed by atoms with Crippen LogP contribution in [0.4, 0.5) is 0 Å². The summed E-state index contributed by atoms with van der Waals surface area (Å²) in [7, 11) is -4.68. The highest BCUT2D eigenvalue weighted by molar-refractivity contribution is 7.46. The lowest BCUT2D eigenvalue weighted by Crippen LogP contribution is -2.03. The van der Waals surface area contributed by atoms with E-state index in [4.69, 9.17) is 19.6 Å². The molecular weight excluding hydrogens is 343 g/mol. The maximum atomic E-state index is 10.8. The van der Waals surface area contributed by atoms with E-state index in [0.29, 0.717) is 11.4 Å². The van der Waals surface area contributed by atoms with E-state index in [9.17, 15) is 14.5 Å². The number of aliphatic carboxylic acids is 1. The first-order valence-electron chi connectivity index (χ1n) is 6.65. The summed E-state index contributed by atoms with van der Waals surface area (Å²) in [5, 5.41) is 18.9. The number of nitrogens with zero attached hydrogens (tertiary/aromatic N) is 2. The number of carboxylic acids is 1. The Kier molecular flexibility index (Phi) is 5.35. The molecule has 0 atom stereocenters. The van der Waals surface area contributed by atoms with Gasteiger partial charge in [0.2, 0.25) is 5.76 Å². The molecule has 24 heavy (non-hydrogen) atoms. The third-order valence-electron chi connectivity index (χ3n) is 3.14. The van der Waals surface area contributed by atoms with Crippen molar-refractivity contribution in [2.75, 3.05) is 6.61 Å². The van der Waals surface area contributed by atoms with Crippen LogP contribution in [0.25, 0.3) is 0 Å². The van der Waals surface area contributed by atoms with Crippen LogP contribution in [0.2, 0.25) is 0 Å². The fourth-order valence-electron chi connectivity index (χ4n) is 1.92. The Hall–Kier alpha value is -2.26. The SMILES string of the molecule is Cc1ncc(COP(=O)(O)O)c(CN=C2C=C(C(=O)O)OC2)c1O. The van der Waals surface area contributed by atoms with Gasteiger partial charge in [-0.2, -0.15) is 0 Å². The number of phosphoric acid groups is 1. The molecule has 0 unspecified atom stereocenters. The van der Waals surface area contributed by atoms with Crippen LogP contribution in [-0.4, -0.2) is 43.3 Å². The number of carboxylic acid groups (broad SMARTS) is 1. The fourth-order valence-corrected chi connectivity index (χ4v) is 2.23. The first-order valence-corrected chi connectivity index (χ1v) is 8.18. The predicted octanol–water partition coefficient (Wildman–Crippen LogP) is 0.645.